The first-order valence-electron chi connectivity index (χ1n) is 8.13. The molecule has 2 N–H and O–H groups in total. The maximum atomic E-state index is 13.0. The van der Waals surface area contributed by atoms with Crippen molar-refractivity contribution in [2.45, 2.75) is 19.4 Å². The highest BCUT2D eigenvalue weighted by atomic mass is 35.5. The Hall–Kier alpha value is -2.35. The second-order valence-corrected chi connectivity index (χ2v) is 6.89. The number of hydrogen-bond acceptors (Lipinski definition) is 6. The third-order valence-corrected chi connectivity index (χ3v) is 5.11. The molecule has 134 valence electrons. The standard InChI is InChI=1S/C17H16Cl2N6O/c1-10-16-14(25(23-22-16)15-9-20-5-6-21-15)4-7-24(10)17(26)12-3-2-11(18)8-13(12)19/h2-3,5-6,8-10,22-23H,4,7H2,1H3. The van der Waals surface area contributed by atoms with E-state index in [0.29, 0.717) is 34.4 Å². The Labute approximate surface area is 160 Å². The lowest BCUT2D eigenvalue weighted by Gasteiger charge is -2.34. The molecule has 4 rings (SSSR count). The lowest BCUT2D eigenvalue weighted by molar-refractivity contribution is 0.0703. The molecule has 1 unspecified atom stereocenters. The Kier molecular flexibility index (Phi) is 4.44. The summed E-state index contributed by atoms with van der Waals surface area (Å²) in [6.07, 6.45) is 5.62. The molecule has 2 aliphatic rings. The van der Waals surface area contributed by atoms with E-state index in [1.807, 2.05) is 11.9 Å². The first-order valence-corrected chi connectivity index (χ1v) is 8.88. The van der Waals surface area contributed by atoms with Gasteiger partial charge in [-0.1, -0.05) is 23.2 Å². The average molecular weight is 391 g/mol. The Bertz CT molecular complexity index is 888. The maximum absolute atomic E-state index is 13.0. The molecule has 1 aromatic carbocycles. The number of nitrogens with one attached hydrogen (secondary N) is 2. The highest BCUT2D eigenvalue weighted by Crippen LogP contribution is 2.31. The van der Waals surface area contributed by atoms with Gasteiger partial charge in [-0.2, -0.15) is 0 Å². The number of hydrazine groups is 2. The number of amides is 1. The quantitative estimate of drug-likeness (QED) is 0.820. The minimum Gasteiger partial charge on any atom is -0.330 e. The number of anilines is 1. The molecule has 2 aromatic rings. The summed E-state index contributed by atoms with van der Waals surface area (Å²) >= 11 is 12.1. The Morgan fingerprint density at radius 3 is 2.88 bits per heavy atom. The minimum atomic E-state index is -0.146. The molecule has 0 spiro atoms. The van der Waals surface area contributed by atoms with Crippen molar-refractivity contribution in [2.75, 3.05) is 11.6 Å². The van der Waals surface area contributed by atoms with Gasteiger partial charge in [-0.05, 0) is 25.1 Å². The van der Waals surface area contributed by atoms with E-state index in [2.05, 4.69) is 20.9 Å². The zero-order chi connectivity index (χ0) is 18.3. The molecule has 3 heterocycles. The van der Waals surface area contributed by atoms with E-state index in [1.165, 1.54) is 0 Å². The third-order valence-electron chi connectivity index (χ3n) is 4.56. The van der Waals surface area contributed by atoms with E-state index >= 15 is 0 Å². The molecule has 0 radical (unpaired) electrons. The summed E-state index contributed by atoms with van der Waals surface area (Å²) in [5, 5.41) is 2.72. The highest BCUT2D eigenvalue weighted by Gasteiger charge is 2.37. The van der Waals surface area contributed by atoms with Crippen LogP contribution >= 0.6 is 23.2 Å². The fraction of sp³-hybridized carbons (Fsp3) is 0.235. The summed E-state index contributed by atoms with van der Waals surface area (Å²) in [5.74, 6) is 0.572. The van der Waals surface area contributed by atoms with Crippen molar-refractivity contribution in [3.63, 3.8) is 0 Å². The summed E-state index contributed by atoms with van der Waals surface area (Å²) in [6.45, 7) is 2.54. The van der Waals surface area contributed by atoms with E-state index in [4.69, 9.17) is 23.2 Å². The summed E-state index contributed by atoms with van der Waals surface area (Å²) in [5.41, 5.74) is 8.67. The van der Waals surface area contributed by atoms with E-state index < -0.39 is 0 Å². The summed E-state index contributed by atoms with van der Waals surface area (Å²) in [4.78, 5) is 23.2. The van der Waals surface area contributed by atoms with Crippen LogP contribution in [0.4, 0.5) is 5.82 Å². The van der Waals surface area contributed by atoms with Crippen LogP contribution in [0.25, 0.3) is 0 Å². The molecule has 9 heteroatoms. The minimum absolute atomic E-state index is 0.120. The summed E-state index contributed by atoms with van der Waals surface area (Å²) in [6, 6.07) is 4.77. The van der Waals surface area contributed by atoms with Crippen LogP contribution in [0.2, 0.25) is 10.0 Å². The van der Waals surface area contributed by atoms with Crippen molar-refractivity contribution in [3.8, 4) is 0 Å². The smallest absolute Gasteiger partial charge is 0.255 e. The highest BCUT2D eigenvalue weighted by molar-refractivity contribution is 6.36. The molecule has 2 aliphatic heterocycles. The zero-order valence-electron chi connectivity index (χ0n) is 13.9. The average Bonchev–Trinajstić information content (AvgIpc) is 3.07. The molecule has 0 saturated heterocycles. The fourth-order valence-corrected chi connectivity index (χ4v) is 3.73. The van der Waals surface area contributed by atoms with Gasteiger partial charge in [-0.3, -0.25) is 9.78 Å². The predicted molar refractivity (Wildman–Crippen MR) is 99.4 cm³/mol. The molecule has 0 aliphatic carbocycles. The van der Waals surface area contributed by atoms with Gasteiger partial charge in [-0.15, -0.1) is 5.53 Å². The van der Waals surface area contributed by atoms with Crippen LogP contribution < -0.4 is 16.0 Å². The van der Waals surface area contributed by atoms with Crippen LogP contribution in [0.5, 0.6) is 0 Å². The second kappa shape index (κ2) is 6.75. The number of carbonyl (C=O) groups is 1. The van der Waals surface area contributed by atoms with Gasteiger partial charge in [0.15, 0.2) is 5.82 Å². The number of halogens is 2. The Balaban J connectivity index is 1.61. The van der Waals surface area contributed by atoms with Crippen molar-refractivity contribution in [2.24, 2.45) is 0 Å². The third kappa shape index (κ3) is 2.88. The van der Waals surface area contributed by atoms with Gasteiger partial charge in [0.2, 0.25) is 0 Å². The molecule has 0 saturated carbocycles. The lowest BCUT2D eigenvalue weighted by atomic mass is 10.0. The molecule has 1 amide bonds. The van der Waals surface area contributed by atoms with Crippen LogP contribution in [0.15, 0.2) is 48.2 Å². The van der Waals surface area contributed by atoms with Gasteiger partial charge in [0.1, 0.15) is 0 Å². The lowest BCUT2D eigenvalue weighted by Crippen LogP contribution is -2.45. The summed E-state index contributed by atoms with van der Waals surface area (Å²) in [7, 11) is 0. The van der Waals surface area contributed by atoms with Crippen LogP contribution in [-0.2, 0) is 0 Å². The zero-order valence-corrected chi connectivity index (χ0v) is 15.4. The first-order chi connectivity index (χ1) is 12.6. The molecular formula is C17H16Cl2N6O. The molecule has 0 fully saturated rings. The molecule has 1 aromatic heterocycles. The van der Waals surface area contributed by atoms with Crippen LogP contribution in [0, 0.1) is 0 Å². The molecule has 0 bridgehead atoms. The van der Waals surface area contributed by atoms with Gasteiger partial charge >= 0.3 is 0 Å². The number of rotatable bonds is 2. The number of carbonyl (C=O) groups excluding carboxylic acids is 1. The van der Waals surface area contributed by atoms with Crippen LogP contribution in [0.1, 0.15) is 23.7 Å². The Morgan fingerprint density at radius 1 is 1.31 bits per heavy atom. The van der Waals surface area contributed by atoms with Crippen molar-refractivity contribution in [1.82, 2.24) is 25.8 Å². The molecule has 7 nitrogen and oxygen atoms in total. The SMILES string of the molecule is CC1C2=C(CCN1C(=O)c1ccc(Cl)cc1Cl)N(c1cnccn1)NN2. The van der Waals surface area contributed by atoms with Gasteiger partial charge in [0, 0.05) is 30.4 Å². The monoisotopic (exact) mass is 390 g/mol. The predicted octanol–water partition coefficient (Wildman–Crippen LogP) is 2.76. The van der Waals surface area contributed by atoms with Crippen LogP contribution in [0.3, 0.4) is 0 Å². The number of benzene rings is 1. The van der Waals surface area contributed by atoms with Gasteiger partial charge in [0.25, 0.3) is 5.91 Å². The number of nitrogens with zero attached hydrogens (tertiary/aromatic N) is 4. The van der Waals surface area contributed by atoms with Gasteiger partial charge in [0.05, 0.1) is 34.2 Å². The van der Waals surface area contributed by atoms with E-state index in [9.17, 15) is 4.79 Å². The van der Waals surface area contributed by atoms with Crippen molar-refractivity contribution in [1.29, 1.82) is 0 Å². The Morgan fingerprint density at radius 2 is 2.15 bits per heavy atom. The number of hydrogen-bond donors (Lipinski definition) is 2. The van der Waals surface area contributed by atoms with Crippen LogP contribution in [-0.4, -0.2) is 33.4 Å². The normalized spacial score (nSPS) is 19.4. The second-order valence-electron chi connectivity index (χ2n) is 6.04. The van der Waals surface area contributed by atoms with E-state index in [-0.39, 0.29) is 11.9 Å². The maximum Gasteiger partial charge on any atom is 0.255 e. The summed E-state index contributed by atoms with van der Waals surface area (Å²) < 4.78 is 0. The van der Waals surface area contributed by atoms with Crippen molar-refractivity contribution < 1.29 is 4.79 Å². The largest absolute Gasteiger partial charge is 0.330 e. The fourth-order valence-electron chi connectivity index (χ4n) is 3.24. The topological polar surface area (TPSA) is 73.4 Å². The van der Waals surface area contributed by atoms with Gasteiger partial charge in [-0.25, -0.2) is 9.99 Å². The number of aromatic nitrogens is 2. The molecule has 1 atom stereocenters. The molecular weight excluding hydrogens is 375 g/mol. The van der Waals surface area contributed by atoms with Crippen molar-refractivity contribution in [3.05, 3.63) is 63.8 Å². The van der Waals surface area contributed by atoms with Gasteiger partial charge < -0.3 is 10.3 Å². The van der Waals surface area contributed by atoms with E-state index in [0.717, 1.165) is 11.4 Å². The molecule has 26 heavy (non-hydrogen) atoms. The first kappa shape index (κ1) is 17.1. The van der Waals surface area contributed by atoms with E-state index in [1.54, 1.807) is 41.7 Å². The van der Waals surface area contributed by atoms with Crippen molar-refractivity contribution >= 4 is 34.9 Å².